The lowest BCUT2D eigenvalue weighted by Gasteiger charge is -2.09. The summed E-state index contributed by atoms with van der Waals surface area (Å²) in [5.74, 6) is 0. The second-order valence-corrected chi connectivity index (χ2v) is 4.28. The largest absolute Gasteiger partial charge is 0.393 e. The molecule has 7 heteroatoms. The van der Waals surface area contributed by atoms with Crippen LogP contribution in [0.5, 0.6) is 0 Å². The second-order valence-electron chi connectivity index (χ2n) is 4.28. The van der Waals surface area contributed by atoms with E-state index in [1.807, 2.05) is 0 Å². The standard InChI is InChI=1S/C13H20N4O3/c1-9(18)6-4-5-7-17-12(19)10-11(14-8-15(10)2)16(3)13(17)20/h8-9,18H,4-7H2,1-3H3/t9-/m1/s1/i2D3,3D3,6D2,8D. The molecule has 0 aliphatic carbocycles. The molecule has 2 heterocycles. The van der Waals surface area contributed by atoms with E-state index in [1.165, 1.54) is 6.92 Å². The van der Waals surface area contributed by atoms with Crippen molar-refractivity contribution in [2.75, 3.05) is 0 Å². The zero-order valence-corrected chi connectivity index (χ0v) is 10.8. The minimum atomic E-state index is -3.11. The fourth-order valence-electron chi connectivity index (χ4n) is 1.82. The number of aliphatic hydroxyl groups is 1. The lowest BCUT2D eigenvalue weighted by molar-refractivity contribution is 0.180. The number of aryl methyl sites for hydroxylation is 2. The van der Waals surface area contributed by atoms with Crippen molar-refractivity contribution in [3.8, 4) is 0 Å². The van der Waals surface area contributed by atoms with Gasteiger partial charge in [0.2, 0.25) is 0 Å². The lowest BCUT2D eigenvalue weighted by atomic mass is 10.2. The molecule has 0 radical (unpaired) electrons. The predicted octanol–water partition coefficient (Wildman–Crippen LogP) is -0.0152. The van der Waals surface area contributed by atoms with Crippen molar-refractivity contribution in [3.63, 3.8) is 0 Å². The molecule has 1 atom stereocenters. The number of rotatable bonds is 5. The highest BCUT2D eigenvalue weighted by atomic mass is 16.3. The van der Waals surface area contributed by atoms with Crippen molar-refractivity contribution in [3.05, 3.63) is 27.1 Å². The first-order valence-electron chi connectivity index (χ1n) is 10.4. The minimum Gasteiger partial charge on any atom is -0.393 e. The first kappa shape index (κ1) is 6.71. The smallest absolute Gasteiger partial charge is 0.332 e. The number of aromatic nitrogens is 4. The molecule has 0 saturated heterocycles. The molecule has 2 rings (SSSR count). The summed E-state index contributed by atoms with van der Waals surface area (Å²) in [4.78, 5) is 29.0. The van der Waals surface area contributed by atoms with E-state index in [1.54, 1.807) is 0 Å². The van der Waals surface area contributed by atoms with E-state index < -0.39 is 61.7 Å². The predicted molar refractivity (Wildman–Crippen MR) is 75.7 cm³/mol. The van der Waals surface area contributed by atoms with Crippen LogP contribution in [0, 0.1) is 0 Å². The number of aliphatic hydroxyl groups excluding tert-OH is 1. The molecule has 2 aromatic heterocycles. The molecule has 0 fully saturated rings. The highest BCUT2D eigenvalue weighted by Gasteiger charge is 2.14. The lowest BCUT2D eigenvalue weighted by Crippen LogP contribution is -2.39. The van der Waals surface area contributed by atoms with Crippen LogP contribution in [0.2, 0.25) is 0 Å². The molecular weight excluding hydrogens is 260 g/mol. The summed E-state index contributed by atoms with van der Waals surface area (Å²) in [5, 5.41) is 9.43. The number of hydrogen-bond donors (Lipinski definition) is 1. The highest BCUT2D eigenvalue weighted by molar-refractivity contribution is 5.69. The second kappa shape index (κ2) is 5.62. The third-order valence-corrected chi connectivity index (χ3v) is 2.77. The first-order valence-corrected chi connectivity index (χ1v) is 5.94. The van der Waals surface area contributed by atoms with Gasteiger partial charge in [0.15, 0.2) is 11.2 Å². The van der Waals surface area contributed by atoms with Crippen molar-refractivity contribution in [2.45, 2.75) is 38.8 Å². The van der Waals surface area contributed by atoms with E-state index in [9.17, 15) is 14.7 Å². The molecule has 110 valence electrons. The van der Waals surface area contributed by atoms with Gasteiger partial charge in [-0.15, -0.1) is 0 Å². The fraction of sp³-hybridized carbons (Fsp3) is 0.615. The Kier molecular flexibility index (Phi) is 1.89. The van der Waals surface area contributed by atoms with Gasteiger partial charge in [0.25, 0.3) is 5.56 Å². The van der Waals surface area contributed by atoms with E-state index in [4.69, 9.17) is 12.3 Å². The van der Waals surface area contributed by atoms with Crippen LogP contribution >= 0.6 is 0 Å². The molecule has 0 aliphatic rings. The Balaban J connectivity index is 2.74. The Bertz CT molecular complexity index is 1030. The van der Waals surface area contributed by atoms with Gasteiger partial charge in [-0.05, 0) is 26.1 Å². The van der Waals surface area contributed by atoms with Crippen LogP contribution in [0.15, 0.2) is 15.9 Å². The highest BCUT2D eigenvalue weighted by Crippen LogP contribution is 2.04. The van der Waals surface area contributed by atoms with Gasteiger partial charge < -0.3 is 9.67 Å². The molecule has 0 bridgehead atoms. The van der Waals surface area contributed by atoms with Crippen molar-refractivity contribution in [2.24, 2.45) is 14.0 Å². The molecule has 0 aromatic carbocycles. The molecule has 2 aromatic rings. The number of hydrogen-bond acceptors (Lipinski definition) is 4. The van der Waals surface area contributed by atoms with Gasteiger partial charge in [0, 0.05) is 31.5 Å². The van der Waals surface area contributed by atoms with E-state index in [-0.39, 0.29) is 22.0 Å². The molecule has 1 N–H and O–H groups in total. The van der Waals surface area contributed by atoms with E-state index >= 15 is 0 Å². The summed E-state index contributed by atoms with van der Waals surface area (Å²) in [5.41, 5.74) is -3.90. The van der Waals surface area contributed by atoms with Gasteiger partial charge in [-0.3, -0.25) is 13.9 Å². The maximum Gasteiger partial charge on any atom is 0.332 e. The Morgan fingerprint density at radius 1 is 1.50 bits per heavy atom. The van der Waals surface area contributed by atoms with E-state index in [0.29, 0.717) is 4.57 Å². The first-order chi connectivity index (χ1) is 13.0. The minimum absolute atomic E-state index is 0.116. The maximum atomic E-state index is 12.8. The number of fused-ring (bicyclic) bond motifs is 1. The van der Waals surface area contributed by atoms with Crippen LogP contribution in [-0.4, -0.2) is 29.9 Å². The van der Waals surface area contributed by atoms with Crippen molar-refractivity contribution in [1.29, 1.82) is 0 Å². The summed E-state index contributed by atoms with van der Waals surface area (Å²) >= 11 is 0. The molecule has 0 spiro atoms. The number of nitrogens with zero attached hydrogens (tertiary/aromatic N) is 4. The van der Waals surface area contributed by atoms with Crippen LogP contribution in [0.4, 0.5) is 0 Å². The third-order valence-electron chi connectivity index (χ3n) is 2.77. The zero-order valence-electron chi connectivity index (χ0n) is 19.8. The molecule has 0 unspecified atom stereocenters. The van der Waals surface area contributed by atoms with Gasteiger partial charge >= 0.3 is 5.69 Å². The summed E-state index contributed by atoms with van der Waals surface area (Å²) in [6, 6.07) is 0. The number of imidazole rings is 1. The Hall–Kier alpha value is -1.89. The van der Waals surface area contributed by atoms with E-state index in [0.717, 1.165) is 0 Å². The normalized spacial score (nSPS) is 21.6. The Morgan fingerprint density at radius 2 is 2.30 bits per heavy atom. The van der Waals surface area contributed by atoms with Crippen LogP contribution in [0.25, 0.3) is 11.2 Å². The van der Waals surface area contributed by atoms with Gasteiger partial charge in [0.1, 0.15) is 1.37 Å². The van der Waals surface area contributed by atoms with E-state index in [2.05, 4.69) is 4.98 Å². The van der Waals surface area contributed by atoms with Crippen LogP contribution in [0.3, 0.4) is 0 Å². The zero-order chi connectivity index (χ0) is 22.5. The molecule has 7 nitrogen and oxygen atoms in total. The molecule has 20 heavy (non-hydrogen) atoms. The average molecular weight is 289 g/mol. The van der Waals surface area contributed by atoms with Crippen molar-refractivity contribution < 1.29 is 17.4 Å². The topological polar surface area (TPSA) is 82.1 Å². The molecule has 0 aliphatic heterocycles. The summed E-state index contributed by atoms with van der Waals surface area (Å²) in [6.07, 6.45) is -4.59. The van der Waals surface area contributed by atoms with Crippen LogP contribution < -0.4 is 11.2 Å². The van der Waals surface area contributed by atoms with Crippen molar-refractivity contribution in [1.82, 2.24) is 18.7 Å². The Labute approximate surface area is 128 Å². The molecular formula is C13H20N4O3. The Morgan fingerprint density at radius 3 is 2.95 bits per heavy atom. The van der Waals surface area contributed by atoms with Crippen molar-refractivity contribution >= 4 is 11.2 Å². The van der Waals surface area contributed by atoms with Crippen LogP contribution in [0.1, 0.15) is 38.5 Å². The summed E-state index contributed by atoms with van der Waals surface area (Å²) in [7, 11) is 0. The van der Waals surface area contributed by atoms with Crippen LogP contribution in [-0.2, 0) is 20.5 Å². The maximum absolute atomic E-state index is 12.8. The summed E-state index contributed by atoms with van der Waals surface area (Å²) in [6.45, 7) is -5.32. The monoisotopic (exact) mass is 289 g/mol. The molecule has 0 amide bonds. The van der Waals surface area contributed by atoms with Gasteiger partial charge in [-0.1, -0.05) is 0 Å². The van der Waals surface area contributed by atoms with Gasteiger partial charge in [-0.2, -0.15) is 0 Å². The SMILES string of the molecule is [2H]c1nc2c(c(=O)n(CCCC([2H])([2H])[C@@H](C)O)c(=O)n2C([2H])([2H])[2H])n1C([2H])([2H])[2H]. The average Bonchev–Trinajstić information content (AvgIpc) is 2.85. The quantitative estimate of drug-likeness (QED) is 0.839. The van der Waals surface area contributed by atoms with Gasteiger partial charge in [0.05, 0.1) is 12.4 Å². The van der Waals surface area contributed by atoms with Gasteiger partial charge in [-0.25, -0.2) is 9.78 Å². The molecule has 0 saturated carbocycles. The summed E-state index contributed by atoms with van der Waals surface area (Å²) < 4.78 is 69.3. The fourth-order valence-corrected chi connectivity index (χ4v) is 1.82. The third kappa shape index (κ3) is 2.53.